The fourth-order valence-electron chi connectivity index (χ4n) is 2.61. The predicted molar refractivity (Wildman–Crippen MR) is 105 cm³/mol. The van der Waals surface area contributed by atoms with Crippen LogP contribution >= 0.6 is 0 Å². The highest BCUT2D eigenvalue weighted by Gasteiger charge is 2.49. The highest BCUT2D eigenvalue weighted by molar-refractivity contribution is 6.07. The lowest BCUT2D eigenvalue weighted by atomic mass is 9.90. The summed E-state index contributed by atoms with van der Waals surface area (Å²) in [6.45, 7) is 8.85. The molecule has 154 valence electrons. The van der Waals surface area contributed by atoms with Crippen LogP contribution in [0.1, 0.15) is 39.2 Å². The second-order valence-electron chi connectivity index (χ2n) is 6.10. The number of carbonyl (C=O) groups is 3. The van der Waals surface area contributed by atoms with E-state index in [4.69, 9.17) is 14.2 Å². The maximum Gasteiger partial charge on any atom is 0.343 e. The molecule has 7 heteroatoms. The second-order valence-corrected chi connectivity index (χ2v) is 6.10. The van der Waals surface area contributed by atoms with Gasteiger partial charge < -0.3 is 19.5 Å². The highest BCUT2D eigenvalue weighted by Crippen LogP contribution is 2.21. The molecule has 1 rings (SSSR count). The molecule has 1 aromatic carbocycles. The summed E-state index contributed by atoms with van der Waals surface area (Å²) in [6.07, 6.45) is 2.90. The van der Waals surface area contributed by atoms with Gasteiger partial charge in [-0.1, -0.05) is 18.2 Å². The summed E-state index contributed by atoms with van der Waals surface area (Å²) >= 11 is 0. The molecule has 0 unspecified atom stereocenters. The first-order valence-electron chi connectivity index (χ1n) is 9.35. The molecule has 7 nitrogen and oxygen atoms in total. The third kappa shape index (κ3) is 6.72. The van der Waals surface area contributed by atoms with Crippen LogP contribution < -0.4 is 10.1 Å². The van der Waals surface area contributed by atoms with Gasteiger partial charge >= 0.3 is 11.9 Å². The van der Waals surface area contributed by atoms with E-state index >= 15 is 0 Å². The number of benzene rings is 1. The summed E-state index contributed by atoms with van der Waals surface area (Å²) in [4.78, 5) is 36.9. The third-order valence-corrected chi connectivity index (χ3v) is 3.94. The Morgan fingerprint density at radius 2 is 1.64 bits per heavy atom. The summed E-state index contributed by atoms with van der Waals surface area (Å²) in [5.41, 5.74) is -1.00. The Hall–Kier alpha value is -2.83. The first kappa shape index (κ1) is 23.2. The van der Waals surface area contributed by atoms with Gasteiger partial charge in [0.2, 0.25) is 11.4 Å². The number of carbonyl (C=O) groups excluding carboxylic acids is 3. The van der Waals surface area contributed by atoms with Gasteiger partial charge in [0.25, 0.3) is 0 Å². The van der Waals surface area contributed by atoms with E-state index in [1.165, 1.54) is 6.92 Å². The molecule has 1 aromatic rings. The lowest BCUT2D eigenvalue weighted by Crippen LogP contribution is -2.61. The molecule has 0 radical (unpaired) electrons. The number of nitrogens with one attached hydrogen (secondary N) is 1. The minimum absolute atomic E-state index is 0.0148. The van der Waals surface area contributed by atoms with Crippen LogP contribution in [0, 0.1) is 0 Å². The average molecular weight is 391 g/mol. The van der Waals surface area contributed by atoms with Crippen LogP contribution in [-0.2, 0) is 30.3 Å². The first-order chi connectivity index (χ1) is 13.4. The van der Waals surface area contributed by atoms with Crippen LogP contribution in [0.2, 0.25) is 0 Å². The Labute approximate surface area is 166 Å². The van der Waals surface area contributed by atoms with Gasteiger partial charge in [0.15, 0.2) is 0 Å². The molecule has 0 aliphatic rings. The van der Waals surface area contributed by atoms with Crippen molar-refractivity contribution in [1.29, 1.82) is 0 Å². The zero-order chi connectivity index (χ0) is 21.0. The van der Waals surface area contributed by atoms with E-state index in [1.54, 1.807) is 19.9 Å². The zero-order valence-electron chi connectivity index (χ0n) is 16.8. The summed E-state index contributed by atoms with van der Waals surface area (Å²) in [6, 6.07) is 7.32. The average Bonchev–Trinajstić information content (AvgIpc) is 2.66. The SMILES string of the molecule is C=CCCOc1ccc(CCC(NC(C)=O)(C(=O)OCC)C(=O)OCC)cc1. The third-order valence-electron chi connectivity index (χ3n) is 3.94. The van der Waals surface area contributed by atoms with Gasteiger partial charge in [0, 0.05) is 6.92 Å². The maximum atomic E-state index is 12.6. The van der Waals surface area contributed by atoms with E-state index in [-0.39, 0.29) is 19.6 Å². The molecule has 0 aliphatic carbocycles. The Morgan fingerprint density at radius 1 is 1.07 bits per heavy atom. The summed E-state index contributed by atoms with van der Waals surface area (Å²) in [7, 11) is 0. The molecule has 0 saturated heterocycles. The lowest BCUT2D eigenvalue weighted by molar-refractivity contribution is -0.168. The number of ether oxygens (including phenoxy) is 3. The van der Waals surface area contributed by atoms with E-state index in [1.807, 2.05) is 24.3 Å². The largest absolute Gasteiger partial charge is 0.493 e. The van der Waals surface area contributed by atoms with Gasteiger partial charge in [-0.3, -0.25) is 4.79 Å². The monoisotopic (exact) mass is 391 g/mol. The Morgan fingerprint density at radius 3 is 2.11 bits per heavy atom. The normalized spacial score (nSPS) is 10.7. The van der Waals surface area contributed by atoms with Crippen molar-refractivity contribution in [2.45, 2.75) is 45.6 Å². The maximum absolute atomic E-state index is 12.6. The van der Waals surface area contributed by atoms with E-state index in [0.29, 0.717) is 13.0 Å². The van der Waals surface area contributed by atoms with Gasteiger partial charge in [0.05, 0.1) is 19.8 Å². The standard InChI is InChI=1S/C21H29NO6/c1-5-8-15-28-18-11-9-17(10-12-18)13-14-21(22-16(4)23,19(24)26-6-2)20(25)27-7-3/h5,9-12H,1,6-8,13-15H2,2-4H3,(H,22,23). The molecule has 0 fully saturated rings. The number of hydrogen-bond acceptors (Lipinski definition) is 6. The number of hydrogen-bond donors (Lipinski definition) is 1. The van der Waals surface area contributed by atoms with Crippen LogP contribution in [0.25, 0.3) is 0 Å². The molecule has 0 atom stereocenters. The summed E-state index contributed by atoms with van der Waals surface area (Å²) < 4.78 is 15.7. The van der Waals surface area contributed by atoms with Crippen molar-refractivity contribution in [2.24, 2.45) is 0 Å². The minimum Gasteiger partial charge on any atom is -0.493 e. The van der Waals surface area contributed by atoms with Crippen molar-refractivity contribution in [2.75, 3.05) is 19.8 Å². The van der Waals surface area contributed by atoms with E-state index in [0.717, 1.165) is 17.7 Å². The number of aryl methyl sites for hydroxylation is 1. The van der Waals surface area contributed by atoms with E-state index < -0.39 is 23.4 Å². The fraction of sp³-hybridized carbons (Fsp3) is 0.476. The Kier molecular flexibility index (Phi) is 9.78. The smallest absolute Gasteiger partial charge is 0.343 e. The van der Waals surface area contributed by atoms with Crippen LogP contribution in [0.5, 0.6) is 5.75 Å². The summed E-state index contributed by atoms with van der Waals surface area (Å²) in [5, 5.41) is 2.46. The topological polar surface area (TPSA) is 90.9 Å². The zero-order valence-corrected chi connectivity index (χ0v) is 16.8. The van der Waals surface area contributed by atoms with Crippen LogP contribution in [0.15, 0.2) is 36.9 Å². The van der Waals surface area contributed by atoms with Gasteiger partial charge in [-0.15, -0.1) is 6.58 Å². The predicted octanol–water partition coefficient (Wildman–Crippen LogP) is 2.58. The first-order valence-corrected chi connectivity index (χ1v) is 9.35. The number of rotatable bonds is 12. The Bertz CT molecular complexity index is 650. The van der Waals surface area contributed by atoms with Crippen LogP contribution in [-0.4, -0.2) is 43.2 Å². The fourth-order valence-corrected chi connectivity index (χ4v) is 2.61. The molecular weight excluding hydrogens is 362 g/mol. The molecule has 0 aromatic heterocycles. The van der Waals surface area contributed by atoms with Crippen molar-refractivity contribution in [3.8, 4) is 5.75 Å². The molecule has 1 N–H and O–H groups in total. The molecule has 28 heavy (non-hydrogen) atoms. The van der Waals surface area contributed by atoms with Crippen molar-refractivity contribution in [3.05, 3.63) is 42.5 Å². The molecule has 0 saturated carbocycles. The van der Waals surface area contributed by atoms with E-state index in [9.17, 15) is 14.4 Å². The summed E-state index contributed by atoms with van der Waals surface area (Å²) in [5.74, 6) is -1.46. The molecule has 0 aliphatic heterocycles. The number of amides is 1. The molecular formula is C21H29NO6. The number of esters is 2. The van der Waals surface area contributed by atoms with Crippen molar-refractivity contribution >= 4 is 17.8 Å². The molecule has 0 heterocycles. The highest BCUT2D eigenvalue weighted by atomic mass is 16.6. The molecule has 0 spiro atoms. The second kappa shape index (κ2) is 11.8. The Balaban J connectivity index is 2.98. The van der Waals surface area contributed by atoms with Crippen molar-refractivity contribution in [3.63, 3.8) is 0 Å². The van der Waals surface area contributed by atoms with Gasteiger partial charge in [-0.2, -0.15) is 0 Å². The van der Waals surface area contributed by atoms with Crippen molar-refractivity contribution < 1.29 is 28.6 Å². The van der Waals surface area contributed by atoms with Crippen LogP contribution in [0.4, 0.5) is 0 Å². The van der Waals surface area contributed by atoms with Gasteiger partial charge in [-0.25, -0.2) is 9.59 Å². The van der Waals surface area contributed by atoms with Gasteiger partial charge in [-0.05, 0) is 50.8 Å². The quantitative estimate of drug-likeness (QED) is 0.255. The molecule has 1 amide bonds. The van der Waals surface area contributed by atoms with Gasteiger partial charge in [0.1, 0.15) is 5.75 Å². The minimum atomic E-state index is -1.88. The van der Waals surface area contributed by atoms with E-state index in [2.05, 4.69) is 11.9 Å². The van der Waals surface area contributed by atoms with Crippen LogP contribution in [0.3, 0.4) is 0 Å². The van der Waals surface area contributed by atoms with Crippen molar-refractivity contribution in [1.82, 2.24) is 5.32 Å². The lowest BCUT2D eigenvalue weighted by Gasteiger charge is -2.29. The molecule has 0 bridgehead atoms.